The average molecular weight is 210 g/mol. The largest absolute Gasteiger partial charge is 0.354 e. The first kappa shape index (κ1) is 10.9. The third kappa shape index (κ3) is 2.51. The van der Waals surface area contributed by atoms with Gasteiger partial charge in [0.25, 0.3) is 0 Å². The Morgan fingerprint density at radius 3 is 3.27 bits per heavy atom. The van der Waals surface area contributed by atoms with Crippen LogP contribution in [0.1, 0.15) is 45.4 Å². The Morgan fingerprint density at radius 2 is 2.47 bits per heavy atom. The van der Waals surface area contributed by atoms with Crippen molar-refractivity contribution in [2.24, 2.45) is 5.92 Å². The number of carbonyl (C=O) groups is 1. The van der Waals surface area contributed by atoms with E-state index in [2.05, 4.69) is 10.6 Å². The molecule has 2 N–H and O–H groups in total. The van der Waals surface area contributed by atoms with E-state index in [0.29, 0.717) is 6.42 Å². The first-order valence-electron chi connectivity index (χ1n) is 6.26. The van der Waals surface area contributed by atoms with Crippen LogP contribution in [0.15, 0.2) is 0 Å². The molecule has 2 rings (SSSR count). The molecule has 0 aromatic heterocycles. The highest BCUT2D eigenvalue weighted by Crippen LogP contribution is 2.36. The average Bonchev–Trinajstić information content (AvgIpc) is 2.53. The Morgan fingerprint density at radius 1 is 1.60 bits per heavy atom. The van der Waals surface area contributed by atoms with E-state index in [1.165, 1.54) is 25.7 Å². The summed E-state index contributed by atoms with van der Waals surface area (Å²) in [6.07, 6.45) is 6.79. The minimum Gasteiger partial charge on any atom is -0.354 e. The van der Waals surface area contributed by atoms with Crippen molar-refractivity contribution in [3.63, 3.8) is 0 Å². The van der Waals surface area contributed by atoms with Crippen LogP contribution in [0.2, 0.25) is 0 Å². The van der Waals surface area contributed by atoms with Crippen molar-refractivity contribution < 1.29 is 4.79 Å². The van der Waals surface area contributed by atoms with E-state index in [4.69, 9.17) is 0 Å². The summed E-state index contributed by atoms with van der Waals surface area (Å²) in [6, 6.07) is 0. The first-order chi connectivity index (χ1) is 7.24. The predicted octanol–water partition coefficient (Wildman–Crippen LogP) is 1.43. The molecule has 0 aromatic rings. The molecule has 2 atom stereocenters. The number of amides is 1. The van der Waals surface area contributed by atoms with Gasteiger partial charge in [-0.25, -0.2) is 0 Å². The normalized spacial score (nSPS) is 34.1. The lowest BCUT2D eigenvalue weighted by atomic mass is 9.80. The van der Waals surface area contributed by atoms with Gasteiger partial charge in [-0.1, -0.05) is 13.3 Å². The second-order valence-electron chi connectivity index (χ2n) is 5.15. The fourth-order valence-electron chi connectivity index (χ4n) is 2.99. The summed E-state index contributed by atoms with van der Waals surface area (Å²) in [5.41, 5.74) is 0.242. The predicted molar refractivity (Wildman–Crippen MR) is 60.6 cm³/mol. The molecule has 3 nitrogen and oxygen atoms in total. The molecule has 1 aliphatic carbocycles. The van der Waals surface area contributed by atoms with Gasteiger partial charge < -0.3 is 10.6 Å². The van der Waals surface area contributed by atoms with E-state index in [1.54, 1.807) is 0 Å². The first-order valence-corrected chi connectivity index (χ1v) is 6.26. The number of hydrogen-bond donors (Lipinski definition) is 2. The third-order valence-corrected chi connectivity index (χ3v) is 3.81. The summed E-state index contributed by atoms with van der Waals surface area (Å²) >= 11 is 0. The Balaban J connectivity index is 1.80. The Hall–Kier alpha value is -0.570. The molecule has 1 saturated carbocycles. The fourth-order valence-corrected chi connectivity index (χ4v) is 2.99. The summed E-state index contributed by atoms with van der Waals surface area (Å²) in [5.74, 6) is 1.07. The van der Waals surface area contributed by atoms with E-state index in [0.717, 1.165) is 25.4 Å². The zero-order valence-corrected chi connectivity index (χ0v) is 9.64. The molecule has 3 heteroatoms. The molecule has 86 valence electrons. The Kier molecular flexibility index (Phi) is 3.29. The minimum atomic E-state index is 0.211. The smallest absolute Gasteiger partial charge is 0.220 e. The SMILES string of the molecule is CCCC(=O)NCC12CCCC(CN1)C2. The van der Waals surface area contributed by atoms with Crippen molar-refractivity contribution >= 4 is 5.91 Å². The topological polar surface area (TPSA) is 41.1 Å². The van der Waals surface area contributed by atoms with E-state index < -0.39 is 0 Å². The molecular weight excluding hydrogens is 188 g/mol. The van der Waals surface area contributed by atoms with Crippen LogP contribution in [0.3, 0.4) is 0 Å². The maximum absolute atomic E-state index is 11.4. The van der Waals surface area contributed by atoms with Gasteiger partial charge in [0.2, 0.25) is 5.91 Å². The quantitative estimate of drug-likeness (QED) is 0.737. The molecule has 1 saturated heterocycles. The summed E-state index contributed by atoms with van der Waals surface area (Å²) in [5, 5.41) is 6.69. The van der Waals surface area contributed by atoms with E-state index in [1.807, 2.05) is 6.92 Å². The molecule has 0 aromatic carbocycles. The van der Waals surface area contributed by atoms with Crippen LogP contribution in [0.4, 0.5) is 0 Å². The fraction of sp³-hybridized carbons (Fsp3) is 0.917. The standard InChI is InChI=1S/C12H22N2O/c1-2-4-11(15)13-9-12-6-3-5-10(7-12)8-14-12/h10,14H,2-9H2,1H3,(H,13,15). The molecular formula is C12H22N2O. The lowest BCUT2D eigenvalue weighted by Gasteiger charge is -2.33. The molecule has 15 heavy (non-hydrogen) atoms. The van der Waals surface area contributed by atoms with Gasteiger partial charge in [0.1, 0.15) is 0 Å². The maximum Gasteiger partial charge on any atom is 0.220 e. The summed E-state index contributed by atoms with van der Waals surface area (Å²) in [6.45, 7) is 4.04. The maximum atomic E-state index is 11.4. The van der Waals surface area contributed by atoms with E-state index >= 15 is 0 Å². The van der Waals surface area contributed by atoms with Crippen molar-refractivity contribution in [2.45, 2.75) is 51.0 Å². The molecule has 0 radical (unpaired) electrons. The molecule has 2 fully saturated rings. The van der Waals surface area contributed by atoms with Gasteiger partial charge in [-0.05, 0) is 38.1 Å². The van der Waals surface area contributed by atoms with Crippen LogP contribution < -0.4 is 10.6 Å². The third-order valence-electron chi connectivity index (χ3n) is 3.81. The highest BCUT2D eigenvalue weighted by Gasteiger charge is 2.41. The van der Waals surface area contributed by atoms with Crippen LogP contribution in [-0.4, -0.2) is 24.5 Å². The van der Waals surface area contributed by atoms with Gasteiger partial charge in [-0.2, -0.15) is 0 Å². The van der Waals surface area contributed by atoms with Crippen molar-refractivity contribution in [1.29, 1.82) is 0 Å². The van der Waals surface area contributed by atoms with Crippen LogP contribution in [0.5, 0.6) is 0 Å². The van der Waals surface area contributed by atoms with Crippen LogP contribution >= 0.6 is 0 Å². The molecule has 2 unspecified atom stereocenters. The molecule has 0 spiro atoms. The highest BCUT2D eigenvalue weighted by atomic mass is 16.1. The zero-order valence-electron chi connectivity index (χ0n) is 9.64. The molecule has 1 aliphatic heterocycles. The van der Waals surface area contributed by atoms with Crippen molar-refractivity contribution in [3.05, 3.63) is 0 Å². The monoisotopic (exact) mass is 210 g/mol. The van der Waals surface area contributed by atoms with Gasteiger partial charge in [0.05, 0.1) is 0 Å². The van der Waals surface area contributed by atoms with Gasteiger partial charge in [0.15, 0.2) is 0 Å². The molecule has 2 aliphatic rings. The molecule has 1 amide bonds. The minimum absolute atomic E-state index is 0.211. The van der Waals surface area contributed by atoms with Crippen LogP contribution in [-0.2, 0) is 4.79 Å². The zero-order chi connectivity index (χ0) is 10.7. The van der Waals surface area contributed by atoms with Crippen molar-refractivity contribution in [3.8, 4) is 0 Å². The molecule has 1 heterocycles. The van der Waals surface area contributed by atoms with Gasteiger partial charge in [-0.15, -0.1) is 0 Å². The van der Waals surface area contributed by atoms with Crippen LogP contribution in [0.25, 0.3) is 0 Å². The summed E-state index contributed by atoms with van der Waals surface area (Å²) in [7, 11) is 0. The second-order valence-corrected chi connectivity index (χ2v) is 5.15. The highest BCUT2D eigenvalue weighted by molar-refractivity contribution is 5.75. The van der Waals surface area contributed by atoms with Gasteiger partial charge in [-0.3, -0.25) is 4.79 Å². The number of nitrogens with one attached hydrogen (secondary N) is 2. The number of rotatable bonds is 4. The van der Waals surface area contributed by atoms with E-state index in [9.17, 15) is 4.79 Å². The lowest BCUT2D eigenvalue weighted by Crippen LogP contribution is -2.50. The van der Waals surface area contributed by atoms with Crippen molar-refractivity contribution in [1.82, 2.24) is 10.6 Å². The van der Waals surface area contributed by atoms with Gasteiger partial charge >= 0.3 is 0 Å². The van der Waals surface area contributed by atoms with Crippen molar-refractivity contribution in [2.75, 3.05) is 13.1 Å². The Labute approximate surface area is 92.0 Å². The van der Waals surface area contributed by atoms with E-state index in [-0.39, 0.29) is 11.4 Å². The van der Waals surface area contributed by atoms with Gasteiger partial charge in [0, 0.05) is 18.5 Å². The summed E-state index contributed by atoms with van der Waals surface area (Å²) in [4.78, 5) is 11.4. The number of hydrogen-bond acceptors (Lipinski definition) is 2. The number of carbonyl (C=O) groups excluding carboxylic acids is 1. The second kappa shape index (κ2) is 4.52. The van der Waals surface area contributed by atoms with Crippen LogP contribution in [0, 0.1) is 5.92 Å². The number of fused-ring (bicyclic) bond motifs is 2. The Bertz CT molecular complexity index is 238. The lowest BCUT2D eigenvalue weighted by molar-refractivity contribution is -0.121. The summed E-state index contributed by atoms with van der Waals surface area (Å²) < 4.78 is 0. The molecule has 2 bridgehead atoms.